The number of carbonyl (C=O) groups is 3. The van der Waals surface area contributed by atoms with Gasteiger partial charge < -0.3 is 31.7 Å². The van der Waals surface area contributed by atoms with Crippen molar-refractivity contribution >= 4 is 17.8 Å². The van der Waals surface area contributed by atoms with E-state index in [9.17, 15) is 29.7 Å². The van der Waals surface area contributed by atoms with Crippen LogP contribution in [0.1, 0.15) is 18.1 Å². The second-order valence-electron chi connectivity index (χ2n) is 7.29. The number of aliphatic hydroxyl groups excluding tert-OH is 1. The van der Waals surface area contributed by atoms with Gasteiger partial charge in [0.05, 0.1) is 12.1 Å². The number of hydrogen-bond acceptors (Lipinski definition) is 6. The number of phenols is 1. The Kier molecular flexibility index (Phi) is 8.53. The Hall–Kier alpha value is -3.43. The van der Waals surface area contributed by atoms with E-state index in [0.717, 1.165) is 5.56 Å². The number of hydrogen-bond donors (Lipinski definition) is 6. The van der Waals surface area contributed by atoms with Crippen molar-refractivity contribution in [3.8, 4) is 5.75 Å². The number of aromatic hydroxyl groups is 1. The van der Waals surface area contributed by atoms with Crippen molar-refractivity contribution in [1.29, 1.82) is 0 Å². The van der Waals surface area contributed by atoms with Gasteiger partial charge in [-0.2, -0.15) is 0 Å². The minimum Gasteiger partial charge on any atom is -0.508 e. The zero-order valence-electron chi connectivity index (χ0n) is 17.1. The number of amides is 2. The molecular formula is C22H27N3O6. The molecule has 0 saturated carbocycles. The standard InChI is InChI=1S/C22H27N3O6/c1-13(26)19(22(30)31)25-21(29)18(12-15-7-9-16(27)10-8-15)24-20(28)17(23)11-14-5-3-2-4-6-14/h2-10,13,17-19,26-27H,11-12,23H2,1H3,(H,24,28)(H,25,29)(H,30,31). The number of carboxylic acids is 1. The minimum atomic E-state index is -1.54. The van der Waals surface area contributed by atoms with Gasteiger partial charge in [-0.15, -0.1) is 0 Å². The number of aliphatic carboxylic acids is 1. The molecule has 4 atom stereocenters. The molecule has 0 aliphatic rings. The molecule has 9 heteroatoms. The van der Waals surface area contributed by atoms with E-state index in [1.165, 1.54) is 19.1 Å². The van der Waals surface area contributed by atoms with E-state index in [1.807, 2.05) is 30.3 Å². The summed E-state index contributed by atoms with van der Waals surface area (Å²) >= 11 is 0. The van der Waals surface area contributed by atoms with Gasteiger partial charge in [0.2, 0.25) is 11.8 Å². The SMILES string of the molecule is CC(O)C(NC(=O)C(Cc1ccc(O)cc1)NC(=O)C(N)Cc1ccccc1)C(=O)O. The number of aliphatic hydroxyl groups is 1. The molecule has 0 aromatic heterocycles. The molecule has 7 N–H and O–H groups in total. The fraction of sp³-hybridized carbons (Fsp3) is 0.318. The Morgan fingerprint density at radius 2 is 1.48 bits per heavy atom. The zero-order chi connectivity index (χ0) is 23.0. The monoisotopic (exact) mass is 429 g/mol. The van der Waals surface area contributed by atoms with Crippen molar-refractivity contribution in [1.82, 2.24) is 10.6 Å². The molecule has 9 nitrogen and oxygen atoms in total. The van der Waals surface area contributed by atoms with Crippen molar-refractivity contribution in [2.75, 3.05) is 0 Å². The average Bonchev–Trinajstić information content (AvgIpc) is 2.73. The first-order valence-corrected chi connectivity index (χ1v) is 9.76. The van der Waals surface area contributed by atoms with Crippen molar-refractivity contribution in [3.63, 3.8) is 0 Å². The molecular weight excluding hydrogens is 402 g/mol. The first-order chi connectivity index (χ1) is 14.7. The van der Waals surface area contributed by atoms with E-state index < -0.39 is 42.0 Å². The van der Waals surface area contributed by atoms with Gasteiger partial charge in [-0.1, -0.05) is 42.5 Å². The third-order valence-electron chi connectivity index (χ3n) is 4.69. The third kappa shape index (κ3) is 7.40. The van der Waals surface area contributed by atoms with Crippen molar-refractivity contribution in [2.45, 2.75) is 44.0 Å². The molecule has 0 saturated heterocycles. The fourth-order valence-electron chi connectivity index (χ4n) is 2.96. The van der Waals surface area contributed by atoms with Gasteiger partial charge in [-0.3, -0.25) is 9.59 Å². The Labute approximate surface area is 179 Å². The number of carbonyl (C=O) groups excluding carboxylic acids is 2. The van der Waals surface area contributed by atoms with Crippen LogP contribution in [0.5, 0.6) is 5.75 Å². The zero-order valence-corrected chi connectivity index (χ0v) is 17.1. The fourth-order valence-corrected chi connectivity index (χ4v) is 2.96. The highest BCUT2D eigenvalue weighted by Crippen LogP contribution is 2.12. The molecule has 31 heavy (non-hydrogen) atoms. The maximum Gasteiger partial charge on any atom is 0.328 e. The molecule has 166 valence electrons. The maximum absolute atomic E-state index is 12.8. The van der Waals surface area contributed by atoms with E-state index in [-0.39, 0.29) is 18.6 Å². The maximum atomic E-state index is 12.8. The largest absolute Gasteiger partial charge is 0.508 e. The molecule has 2 rings (SSSR count). The summed E-state index contributed by atoms with van der Waals surface area (Å²) in [5.74, 6) is -2.72. The van der Waals surface area contributed by atoms with Crippen LogP contribution in [0.2, 0.25) is 0 Å². The predicted octanol–water partition coefficient (Wildman–Crippen LogP) is -0.0603. The molecule has 4 unspecified atom stereocenters. The number of rotatable bonds is 10. The minimum absolute atomic E-state index is 0.0298. The highest BCUT2D eigenvalue weighted by molar-refractivity contribution is 5.92. The summed E-state index contributed by atoms with van der Waals surface area (Å²) in [6, 6.07) is 11.6. The molecule has 2 aromatic carbocycles. The molecule has 0 bridgehead atoms. The molecule has 2 aromatic rings. The predicted molar refractivity (Wildman–Crippen MR) is 113 cm³/mol. The van der Waals surface area contributed by atoms with Gasteiger partial charge in [-0.05, 0) is 36.6 Å². The summed E-state index contributed by atoms with van der Waals surface area (Å²) in [7, 11) is 0. The quantitative estimate of drug-likeness (QED) is 0.308. The summed E-state index contributed by atoms with van der Waals surface area (Å²) in [6.07, 6.45) is -1.06. The van der Waals surface area contributed by atoms with Crippen molar-refractivity contribution < 1.29 is 29.7 Å². The van der Waals surface area contributed by atoms with E-state index in [0.29, 0.717) is 5.56 Å². The molecule has 0 heterocycles. The van der Waals surface area contributed by atoms with Crippen molar-refractivity contribution in [3.05, 3.63) is 65.7 Å². The summed E-state index contributed by atoms with van der Waals surface area (Å²) in [5.41, 5.74) is 7.47. The van der Waals surface area contributed by atoms with Crippen molar-refractivity contribution in [2.24, 2.45) is 5.73 Å². The smallest absolute Gasteiger partial charge is 0.328 e. The normalized spacial score (nSPS) is 14.7. The summed E-state index contributed by atoms with van der Waals surface area (Å²) in [5, 5.41) is 33.1. The first-order valence-electron chi connectivity index (χ1n) is 9.76. The van der Waals surface area contributed by atoms with Crippen LogP contribution in [0.25, 0.3) is 0 Å². The van der Waals surface area contributed by atoms with E-state index >= 15 is 0 Å². The highest BCUT2D eigenvalue weighted by Gasteiger charge is 2.30. The second-order valence-corrected chi connectivity index (χ2v) is 7.29. The van der Waals surface area contributed by atoms with Crippen LogP contribution in [0.4, 0.5) is 0 Å². The molecule has 0 aliphatic carbocycles. The lowest BCUT2D eigenvalue weighted by atomic mass is 10.0. The van der Waals surface area contributed by atoms with Gasteiger partial charge in [0, 0.05) is 6.42 Å². The van der Waals surface area contributed by atoms with Crippen LogP contribution in [0, 0.1) is 0 Å². The van der Waals surface area contributed by atoms with Crippen LogP contribution in [0.3, 0.4) is 0 Å². The molecule has 0 aliphatic heterocycles. The number of benzene rings is 2. The van der Waals surface area contributed by atoms with Crippen LogP contribution in [0.15, 0.2) is 54.6 Å². The Bertz CT molecular complexity index is 886. The van der Waals surface area contributed by atoms with Gasteiger partial charge >= 0.3 is 5.97 Å². The first kappa shape index (κ1) is 23.8. The van der Waals surface area contributed by atoms with E-state index in [4.69, 9.17) is 5.73 Å². The summed E-state index contributed by atoms with van der Waals surface area (Å²) in [6.45, 7) is 1.24. The number of nitrogens with two attached hydrogens (primary N) is 1. The second kappa shape index (κ2) is 11.1. The number of phenolic OH excluding ortho intramolecular Hbond substituents is 1. The lowest BCUT2D eigenvalue weighted by Gasteiger charge is -2.24. The summed E-state index contributed by atoms with van der Waals surface area (Å²) in [4.78, 5) is 36.7. The van der Waals surface area contributed by atoms with Gasteiger partial charge in [0.15, 0.2) is 6.04 Å². The van der Waals surface area contributed by atoms with Gasteiger partial charge in [-0.25, -0.2) is 4.79 Å². The Balaban J connectivity index is 2.15. The molecule has 0 spiro atoms. The van der Waals surface area contributed by atoms with Crippen LogP contribution < -0.4 is 16.4 Å². The van der Waals surface area contributed by atoms with E-state index in [1.54, 1.807) is 12.1 Å². The van der Waals surface area contributed by atoms with Gasteiger partial charge in [0.1, 0.15) is 11.8 Å². The Morgan fingerprint density at radius 1 is 0.903 bits per heavy atom. The molecule has 0 fully saturated rings. The topological polar surface area (TPSA) is 162 Å². The van der Waals surface area contributed by atoms with E-state index in [2.05, 4.69) is 10.6 Å². The van der Waals surface area contributed by atoms with Crippen LogP contribution >= 0.6 is 0 Å². The third-order valence-corrected chi connectivity index (χ3v) is 4.69. The Morgan fingerprint density at radius 3 is 2.03 bits per heavy atom. The average molecular weight is 429 g/mol. The van der Waals surface area contributed by atoms with Crippen LogP contribution in [-0.2, 0) is 27.2 Å². The lowest BCUT2D eigenvalue weighted by Crippen LogP contribution is -2.57. The van der Waals surface area contributed by atoms with Gasteiger partial charge in [0.25, 0.3) is 0 Å². The van der Waals surface area contributed by atoms with Crippen LogP contribution in [-0.4, -0.2) is 57.3 Å². The molecule has 2 amide bonds. The number of nitrogens with one attached hydrogen (secondary N) is 2. The lowest BCUT2D eigenvalue weighted by molar-refractivity contribution is -0.145. The highest BCUT2D eigenvalue weighted by atomic mass is 16.4. The number of carboxylic acid groups (broad SMARTS) is 1. The molecule has 0 radical (unpaired) electrons. The summed E-state index contributed by atoms with van der Waals surface area (Å²) < 4.78 is 0.